The maximum Gasteiger partial charge on any atom is 0.138 e. The van der Waals surface area contributed by atoms with Gasteiger partial charge in [0.15, 0.2) is 0 Å². The van der Waals surface area contributed by atoms with Crippen molar-refractivity contribution in [2.45, 2.75) is 59.1 Å². The summed E-state index contributed by atoms with van der Waals surface area (Å²) in [4.78, 5) is 3.43. The van der Waals surface area contributed by atoms with E-state index in [-0.39, 0.29) is 11.7 Å². The number of aliphatic hydroxyl groups excluding tert-OH is 1. The van der Waals surface area contributed by atoms with E-state index in [0.717, 1.165) is 50.0 Å². The molecule has 3 nitrogen and oxygen atoms in total. The maximum absolute atomic E-state index is 14.6. The lowest BCUT2D eigenvalue weighted by Crippen LogP contribution is -2.50. The zero-order valence-electron chi connectivity index (χ0n) is 21.1. The molecule has 4 heteroatoms. The minimum absolute atomic E-state index is 0.156. The number of aromatic nitrogens is 1. The highest BCUT2D eigenvalue weighted by Crippen LogP contribution is 2.46. The molecule has 3 aromatic carbocycles. The van der Waals surface area contributed by atoms with Crippen molar-refractivity contribution in [2.24, 2.45) is 0 Å². The Labute approximate surface area is 206 Å². The molecule has 178 valence electrons. The predicted octanol–water partition coefficient (Wildman–Crippen LogP) is 6.97. The molecule has 2 heterocycles. The lowest BCUT2D eigenvalue weighted by molar-refractivity contribution is 0.0868. The van der Waals surface area contributed by atoms with E-state index in [0.29, 0.717) is 5.56 Å². The number of nitrogens with one attached hydrogen (secondary N) is 2. The Balaban J connectivity index is 1.84. The number of hydrogen-bond acceptors (Lipinski definition) is 2. The fourth-order valence-electron chi connectivity index (χ4n) is 5.37. The molecule has 0 radical (unpaired) electrons. The van der Waals surface area contributed by atoms with Crippen molar-refractivity contribution in [1.82, 2.24) is 4.98 Å². The van der Waals surface area contributed by atoms with Crippen LogP contribution in [0.2, 0.25) is 0 Å². The van der Waals surface area contributed by atoms with Crippen molar-refractivity contribution in [1.29, 1.82) is 0 Å². The number of H-pyrrole nitrogens is 1. The largest absolute Gasteiger partial charge is 0.390 e. The zero-order valence-corrected chi connectivity index (χ0v) is 21.1. The lowest BCUT2D eigenvalue weighted by atomic mass is 9.75. The van der Waals surface area contributed by atoms with Gasteiger partial charge in [0.1, 0.15) is 5.82 Å². The van der Waals surface area contributed by atoms with Crippen molar-refractivity contribution >= 4 is 16.6 Å². The van der Waals surface area contributed by atoms with E-state index in [9.17, 15) is 9.50 Å². The molecule has 0 fully saturated rings. The second-order valence-corrected chi connectivity index (χ2v) is 10.4. The van der Waals surface area contributed by atoms with Crippen molar-refractivity contribution in [3.8, 4) is 23.0 Å². The minimum Gasteiger partial charge on any atom is -0.390 e. The van der Waals surface area contributed by atoms with Gasteiger partial charge in [-0.3, -0.25) is 0 Å². The van der Waals surface area contributed by atoms with Crippen LogP contribution in [0, 0.1) is 38.4 Å². The third kappa shape index (κ3) is 3.81. The van der Waals surface area contributed by atoms with Gasteiger partial charge in [0, 0.05) is 39.9 Å². The van der Waals surface area contributed by atoms with Gasteiger partial charge in [-0.2, -0.15) is 0 Å². The molecule has 2 atom stereocenters. The van der Waals surface area contributed by atoms with Crippen molar-refractivity contribution < 1.29 is 9.50 Å². The Bertz CT molecular complexity index is 1530. The number of anilines is 1. The molecule has 0 saturated carbocycles. The first-order chi connectivity index (χ1) is 16.6. The van der Waals surface area contributed by atoms with E-state index >= 15 is 0 Å². The van der Waals surface area contributed by atoms with Gasteiger partial charge in [-0.05, 0) is 75.1 Å². The molecule has 5 rings (SSSR count). The molecule has 1 aliphatic rings. The summed E-state index contributed by atoms with van der Waals surface area (Å²) < 4.78 is 14.6. The summed E-state index contributed by atoms with van der Waals surface area (Å²) in [6, 6.07) is 13.4. The summed E-state index contributed by atoms with van der Waals surface area (Å²) in [5.41, 5.74) is 8.99. The molecule has 0 bridgehead atoms. The van der Waals surface area contributed by atoms with Gasteiger partial charge in [-0.15, -0.1) is 0 Å². The smallest absolute Gasteiger partial charge is 0.138 e. The summed E-state index contributed by atoms with van der Waals surface area (Å²) in [7, 11) is 0. The Morgan fingerprint density at radius 2 is 1.74 bits per heavy atom. The topological polar surface area (TPSA) is 48.0 Å². The summed E-state index contributed by atoms with van der Waals surface area (Å²) >= 11 is 0. The highest BCUT2D eigenvalue weighted by atomic mass is 19.1. The Morgan fingerprint density at radius 3 is 2.51 bits per heavy atom. The molecule has 4 aromatic rings. The second kappa shape index (κ2) is 8.29. The van der Waals surface area contributed by atoms with Crippen LogP contribution < -0.4 is 5.32 Å². The summed E-state index contributed by atoms with van der Waals surface area (Å²) in [6.07, 6.45) is 1.41. The third-order valence-electron chi connectivity index (χ3n) is 7.34. The van der Waals surface area contributed by atoms with Gasteiger partial charge in [0.25, 0.3) is 0 Å². The first-order valence-electron chi connectivity index (χ1n) is 12.1. The average molecular weight is 467 g/mol. The SMILES string of the molecule is Cc1ccc(F)c(C#Cc2c(-c3cccc4c(C)c[nH]c34)cc(C)c3c2C(C)C(O)C(C)(C)N3)c1. The number of aliphatic hydroxyl groups is 1. The molecular formula is C31H31FN2O. The zero-order chi connectivity index (χ0) is 25.1. The Morgan fingerprint density at radius 1 is 0.971 bits per heavy atom. The van der Waals surface area contributed by atoms with Crippen LogP contribution >= 0.6 is 0 Å². The lowest BCUT2D eigenvalue weighted by Gasteiger charge is -2.43. The van der Waals surface area contributed by atoms with Gasteiger partial charge in [0.2, 0.25) is 0 Å². The summed E-state index contributed by atoms with van der Waals surface area (Å²) in [5.74, 6) is 5.97. The highest BCUT2D eigenvalue weighted by Gasteiger charge is 2.40. The van der Waals surface area contributed by atoms with Crippen LogP contribution in [0.15, 0.2) is 48.7 Å². The van der Waals surface area contributed by atoms with Crippen molar-refractivity contribution in [3.05, 3.63) is 87.9 Å². The monoisotopic (exact) mass is 466 g/mol. The number of halogens is 1. The van der Waals surface area contributed by atoms with Gasteiger partial charge in [-0.1, -0.05) is 43.0 Å². The predicted molar refractivity (Wildman–Crippen MR) is 142 cm³/mol. The number of rotatable bonds is 1. The Kier molecular flexibility index (Phi) is 5.49. The van der Waals surface area contributed by atoms with Crippen LogP contribution in [-0.2, 0) is 0 Å². The van der Waals surface area contributed by atoms with E-state index in [1.54, 1.807) is 12.1 Å². The van der Waals surface area contributed by atoms with Crippen LogP contribution in [0.25, 0.3) is 22.0 Å². The van der Waals surface area contributed by atoms with Gasteiger partial charge in [0.05, 0.1) is 22.7 Å². The highest BCUT2D eigenvalue weighted by molar-refractivity contribution is 5.98. The van der Waals surface area contributed by atoms with Gasteiger partial charge >= 0.3 is 0 Å². The van der Waals surface area contributed by atoms with Crippen LogP contribution in [0.1, 0.15) is 60.1 Å². The number of hydrogen-bond donors (Lipinski definition) is 3. The first kappa shape index (κ1) is 23.2. The van der Waals surface area contributed by atoms with Crippen LogP contribution in [0.3, 0.4) is 0 Å². The van der Waals surface area contributed by atoms with Crippen molar-refractivity contribution in [3.63, 3.8) is 0 Å². The summed E-state index contributed by atoms with van der Waals surface area (Å²) in [5, 5.41) is 15.9. The maximum atomic E-state index is 14.6. The van der Waals surface area contributed by atoms with E-state index in [2.05, 4.69) is 60.3 Å². The molecule has 2 unspecified atom stereocenters. The van der Waals surface area contributed by atoms with Crippen LogP contribution in [0.4, 0.5) is 10.1 Å². The Hall–Kier alpha value is -3.55. The van der Waals surface area contributed by atoms with Crippen LogP contribution in [-0.4, -0.2) is 21.7 Å². The number of para-hydroxylation sites is 1. The van der Waals surface area contributed by atoms with E-state index in [1.807, 2.05) is 33.9 Å². The molecule has 0 spiro atoms. The third-order valence-corrected chi connectivity index (χ3v) is 7.34. The molecule has 0 aliphatic carbocycles. The molecule has 35 heavy (non-hydrogen) atoms. The number of aromatic amines is 1. The van der Waals surface area contributed by atoms with Crippen molar-refractivity contribution in [2.75, 3.05) is 5.32 Å². The molecular weight excluding hydrogens is 435 g/mol. The quantitative estimate of drug-likeness (QED) is 0.265. The molecule has 1 aliphatic heterocycles. The molecule has 3 N–H and O–H groups in total. The number of fused-ring (bicyclic) bond motifs is 2. The first-order valence-corrected chi connectivity index (χ1v) is 12.1. The van der Waals surface area contributed by atoms with Gasteiger partial charge < -0.3 is 15.4 Å². The van der Waals surface area contributed by atoms with E-state index < -0.39 is 11.6 Å². The van der Waals surface area contributed by atoms with E-state index in [1.165, 1.54) is 11.6 Å². The number of benzene rings is 3. The fraction of sp³-hybridized carbons (Fsp3) is 0.290. The fourth-order valence-corrected chi connectivity index (χ4v) is 5.37. The van der Waals surface area contributed by atoms with Crippen LogP contribution in [0.5, 0.6) is 0 Å². The van der Waals surface area contributed by atoms with E-state index in [4.69, 9.17) is 0 Å². The normalized spacial score (nSPS) is 18.5. The standard InChI is InChI=1S/C31H31FN2O/c1-17-10-13-26(32)21(14-17)11-12-23-25(24-9-7-8-22-19(3)16-33-29(22)24)15-18(2)28-27(23)20(4)30(35)31(5,6)34-28/h7-10,13-16,20,30,33-35H,1-6H3. The number of aryl methyl sites for hydroxylation is 3. The summed E-state index contributed by atoms with van der Waals surface area (Å²) in [6.45, 7) is 12.2. The second-order valence-electron chi connectivity index (χ2n) is 10.4. The molecule has 0 saturated heterocycles. The minimum atomic E-state index is -0.607. The molecule has 0 amide bonds. The molecule has 1 aromatic heterocycles. The average Bonchev–Trinajstić information content (AvgIpc) is 3.20. The van der Waals surface area contributed by atoms with Gasteiger partial charge in [-0.25, -0.2) is 4.39 Å².